The molecule has 0 unspecified atom stereocenters. The number of nitrogens with zero attached hydrogens (tertiary/aromatic N) is 1. The van der Waals surface area contributed by atoms with Crippen LogP contribution in [0, 0.1) is 0 Å². The van der Waals surface area contributed by atoms with E-state index in [1.54, 1.807) is 0 Å². The molecule has 1 saturated carbocycles. The molecule has 1 aromatic rings. The van der Waals surface area contributed by atoms with Crippen molar-refractivity contribution in [3.05, 3.63) is 29.8 Å². The van der Waals surface area contributed by atoms with Crippen LogP contribution in [-0.4, -0.2) is 63.8 Å². The summed E-state index contributed by atoms with van der Waals surface area (Å²) in [5.74, 6) is -0.482. The lowest BCUT2D eigenvalue weighted by Crippen LogP contribution is -2.58. The van der Waals surface area contributed by atoms with Crippen LogP contribution < -0.4 is 9.46 Å². The average Bonchev–Trinajstić information content (AvgIpc) is 2.68. The highest BCUT2D eigenvalue weighted by atomic mass is 32.2. The summed E-state index contributed by atoms with van der Waals surface area (Å²) < 4.78 is 53.9. The normalized spacial score (nSPS) is 34.1. The Balaban J connectivity index is 1.59. The fourth-order valence-corrected chi connectivity index (χ4v) is 5.82. The number of hydrogen-bond donors (Lipinski definition) is 1. The summed E-state index contributed by atoms with van der Waals surface area (Å²) >= 11 is 0. The molecule has 1 saturated heterocycles. The van der Waals surface area contributed by atoms with Gasteiger partial charge in [-0.1, -0.05) is 18.2 Å². The van der Waals surface area contributed by atoms with Gasteiger partial charge >= 0.3 is 0 Å². The fraction of sp³-hybridized carbons (Fsp3) is 0.714. The molecule has 3 heterocycles. The van der Waals surface area contributed by atoms with Crippen molar-refractivity contribution >= 4 is 10.0 Å². The molecule has 2 bridgehead atoms. The van der Waals surface area contributed by atoms with Crippen molar-refractivity contribution in [3.8, 4) is 5.75 Å². The third-order valence-electron chi connectivity index (χ3n) is 6.50. The van der Waals surface area contributed by atoms with Crippen LogP contribution in [-0.2, 0) is 14.8 Å². The minimum absolute atomic E-state index is 0.182. The molecule has 4 aliphatic rings. The zero-order chi connectivity index (χ0) is 20.5. The maximum absolute atomic E-state index is 15.4. The molecule has 8 heteroatoms. The first-order valence-electron chi connectivity index (χ1n) is 10.6. The van der Waals surface area contributed by atoms with Crippen molar-refractivity contribution in [1.82, 2.24) is 9.62 Å². The van der Waals surface area contributed by atoms with Gasteiger partial charge in [0.2, 0.25) is 15.9 Å². The first-order valence-corrected chi connectivity index (χ1v) is 12.5. The highest BCUT2D eigenvalue weighted by Crippen LogP contribution is 2.43. The molecule has 6 nitrogen and oxygen atoms in total. The van der Waals surface area contributed by atoms with Gasteiger partial charge in [0.1, 0.15) is 12.4 Å². The largest absolute Gasteiger partial charge is 0.492 e. The fourth-order valence-electron chi connectivity index (χ4n) is 5.00. The minimum Gasteiger partial charge on any atom is -0.492 e. The molecule has 162 valence electrons. The predicted octanol–water partition coefficient (Wildman–Crippen LogP) is 2.80. The van der Waals surface area contributed by atoms with Crippen LogP contribution in [0.25, 0.3) is 0 Å². The number of piperidine rings is 1. The predicted molar refractivity (Wildman–Crippen MR) is 109 cm³/mol. The summed E-state index contributed by atoms with van der Waals surface area (Å²) in [4.78, 5) is 2.18. The molecule has 29 heavy (non-hydrogen) atoms. The lowest BCUT2D eigenvalue weighted by Gasteiger charge is -2.42. The van der Waals surface area contributed by atoms with Crippen LogP contribution in [0.15, 0.2) is 24.3 Å². The Bertz CT molecular complexity index is 811. The molecule has 2 fully saturated rings. The van der Waals surface area contributed by atoms with Gasteiger partial charge in [0.25, 0.3) is 0 Å². The monoisotopic (exact) mass is 426 g/mol. The van der Waals surface area contributed by atoms with Crippen molar-refractivity contribution in [1.29, 1.82) is 0 Å². The second-order valence-electron chi connectivity index (χ2n) is 8.60. The van der Waals surface area contributed by atoms with E-state index in [0.717, 1.165) is 43.5 Å². The molecule has 2 atom stereocenters. The van der Waals surface area contributed by atoms with Gasteiger partial charge in [-0.3, -0.25) is 4.90 Å². The van der Waals surface area contributed by atoms with E-state index >= 15 is 4.39 Å². The first-order chi connectivity index (χ1) is 13.8. The number of fused-ring (bicyclic) bond motifs is 5. The summed E-state index contributed by atoms with van der Waals surface area (Å²) in [6.07, 6.45) is 4.91. The maximum atomic E-state index is 15.4. The Hall–Kier alpha value is -1.22. The van der Waals surface area contributed by atoms with Crippen LogP contribution in [0.2, 0.25) is 0 Å². The van der Waals surface area contributed by atoms with Crippen molar-refractivity contribution in [2.24, 2.45) is 0 Å². The number of para-hydroxylation sites is 1. The molecule has 1 aliphatic carbocycles. The number of benzene rings is 1. The summed E-state index contributed by atoms with van der Waals surface area (Å²) in [5.41, 5.74) is 1.15. The van der Waals surface area contributed by atoms with E-state index in [4.69, 9.17) is 9.47 Å². The van der Waals surface area contributed by atoms with Crippen LogP contribution >= 0.6 is 0 Å². The first kappa shape index (κ1) is 21.0. The van der Waals surface area contributed by atoms with Gasteiger partial charge in [0.05, 0.1) is 12.9 Å². The SMILES string of the molecule is CS(=O)(=O)N[C@H]1CCCN2CCOc3ccccc3[C@H]3CC[C@](F)(CC3)OC[C@@H]12. The van der Waals surface area contributed by atoms with Gasteiger partial charge in [-0.25, -0.2) is 17.5 Å². The van der Waals surface area contributed by atoms with Crippen LogP contribution in [0.3, 0.4) is 0 Å². The van der Waals surface area contributed by atoms with Gasteiger partial charge in [-0.05, 0) is 49.8 Å². The van der Waals surface area contributed by atoms with Gasteiger partial charge in [-0.15, -0.1) is 0 Å². The van der Waals surface area contributed by atoms with Crippen LogP contribution in [0.1, 0.15) is 50.0 Å². The van der Waals surface area contributed by atoms with E-state index < -0.39 is 15.9 Å². The number of ether oxygens (including phenoxy) is 2. The quantitative estimate of drug-likeness (QED) is 0.788. The zero-order valence-corrected chi connectivity index (χ0v) is 17.8. The number of halogens is 1. The molecule has 0 radical (unpaired) electrons. The molecule has 0 aromatic heterocycles. The average molecular weight is 427 g/mol. The number of hydrogen-bond acceptors (Lipinski definition) is 5. The summed E-state index contributed by atoms with van der Waals surface area (Å²) in [6, 6.07) is 7.57. The smallest absolute Gasteiger partial charge is 0.209 e. The third kappa shape index (κ3) is 5.10. The minimum atomic E-state index is -3.35. The Kier molecular flexibility index (Phi) is 6.16. The summed E-state index contributed by atoms with van der Waals surface area (Å²) in [6.45, 7) is 2.16. The van der Waals surface area contributed by atoms with E-state index in [2.05, 4.69) is 15.7 Å². The van der Waals surface area contributed by atoms with E-state index in [0.29, 0.717) is 26.0 Å². The topological polar surface area (TPSA) is 67.9 Å². The summed E-state index contributed by atoms with van der Waals surface area (Å²) in [7, 11) is -3.35. The number of rotatable bonds is 2. The molecular formula is C21H31FN2O4S. The highest BCUT2D eigenvalue weighted by Gasteiger charge is 2.41. The highest BCUT2D eigenvalue weighted by molar-refractivity contribution is 7.88. The van der Waals surface area contributed by atoms with Crippen molar-refractivity contribution in [2.75, 3.05) is 32.6 Å². The Morgan fingerprint density at radius 2 is 1.93 bits per heavy atom. The van der Waals surface area contributed by atoms with Gasteiger partial charge < -0.3 is 9.47 Å². The van der Waals surface area contributed by atoms with Crippen molar-refractivity contribution in [2.45, 2.75) is 62.4 Å². The molecule has 0 amide bonds. The maximum Gasteiger partial charge on any atom is 0.209 e. The van der Waals surface area contributed by atoms with Gasteiger partial charge in [0, 0.05) is 31.5 Å². The second-order valence-corrected chi connectivity index (χ2v) is 10.4. The molecule has 3 aliphatic heterocycles. The summed E-state index contributed by atoms with van der Waals surface area (Å²) in [5, 5.41) is 0. The Morgan fingerprint density at radius 1 is 1.17 bits per heavy atom. The standard InChI is InChI=1S/C21H31FN2O4S/c1-29(25,26)23-18-6-4-12-24-13-14-27-20-7-3-2-5-17(20)16-8-10-21(22,11-9-16)28-15-19(18)24/h2-3,5,7,16,18-19,23H,4,6,8-15H2,1H3/t16-,18-,19-,21+/m0/s1. The van der Waals surface area contributed by atoms with E-state index in [-0.39, 0.29) is 24.6 Å². The molecule has 1 N–H and O–H groups in total. The van der Waals surface area contributed by atoms with Crippen LogP contribution in [0.5, 0.6) is 5.75 Å². The van der Waals surface area contributed by atoms with E-state index in [1.807, 2.05) is 18.2 Å². The molecule has 0 spiro atoms. The zero-order valence-electron chi connectivity index (χ0n) is 17.0. The van der Waals surface area contributed by atoms with Crippen molar-refractivity contribution < 1.29 is 22.3 Å². The van der Waals surface area contributed by atoms with Gasteiger partial charge in [-0.2, -0.15) is 0 Å². The lowest BCUT2D eigenvalue weighted by atomic mass is 9.81. The van der Waals surface area contributed by atoms with Crippen molar-refractivity contribution in [3.63, 3.8) is 0 Å². The number of sulfonamides is 1. The molecular weight excluding hydrogens is 395 g/mol. The van der Waals surface area contributed by atoms with E-state index in [9.17, 15) is 8.42 Å². The van der Waals surface area contributed by atoms with Crippen LogP contribution in [0.4, 0.5) is 4.39 Å². The van der Waals surface area contributed by atoms with E-state index in [1.165, 1.54) is 6.26 Å². The Morgan fingerprint density at radius 3 is 2.69 bits per heavy atom. The molecule has 5 rings (SSSR count). The Labute approximate surface area is 172 Å². The molecule has 1 aromatic carbocycles. The number of nitrogens with one attached hydrogen (secondary N) is 1. The lowest BCUT2D eigenvalue weighted by molar-refractivity contribution is -0.180. The second kappa shape index (κ2) is 8.49. The van der Waals surface area contributed by atoms with Gasteiger partial charge in [0.15, 0.2) is 0 Å². The number of alkyl halides is 1. The third-order valence-corrected chi connectivity index (χ3v) is 7.23.